The van der Waals surface area contributed by atoms with Crippen LogP contribution in [0.5, 0.6) is 0 Å². The van der Waals surface area contributed by atoms with Gasteiger partial charge in [0, 0.05) is 0 Å². The molecular weight excluding hydrogens is 178 g/mol. The molecule has 5 N–H and O–H groups in total. The van der Waals surface area contributed by atoms with Crippen molar-refractivity contribution >= 4 is 0 Å². The first-order chi connectivity index (χ1) is 6.11. The van der Waals surface area contributed by atoms with Crippen molar-refractivity contribution in [2.24, 2.45) is 0 Å². The molecule has 1 aliphatic heterocycles. The Hall–Kier alpha value is -0.240. The van der Waals surface area contributed by atoms with Crippen LogP contribution < -0.4 is 5.32 Å². The SMILES string of the molecule is CNC1[C@@H](O)C(O)C(CO)O[C@@H]1O. The maximum atomic E-state index is 9.45. The standard InChI is InChI=1S/C7H15NO5/c1-8-4-6(11)5(10)3(2-9)13-7(4)12/h3-12H,2H2,1H3/t3?,4?,5?,6-,7+/m1/s1. The number of aliphatic hydroxyl groups is 4. The van der Waals surface area contributed by atoms with Crippen molar-refractivity contribution in [3.63, 3.8) is 0 Å². The normalized spacial score (nSPS) is 46.4. The fraction of sp³-hybridized carbons (Fsp3) is 1.00. The van der Waals surface area contributed by atoms with Crippen molar-refractivity contribution in [3.05, 3.63) is 0 Å². The summed E-state index contributed by atoms with van der Waals surface area (Å²) in [4.78, 5) is 0. The Bertz CT molecular complexity index is 167. The van der Waals surface area contributed by atoms with E-state index in [4.69, 9.17) is 9.84 Å². The maximum absolute atomic E-state index is 9.45. The van der Waals surface area contributed by atoms with Gasteiger partial charge in [-0.05, 0) is 7.05 Å². The summed E-state index contributed by atoms with van der Waals surface area (Å²) < 4.78 is 4.85. The van der Waals surface area contributed by atoms with Gasteiger partial charge in [0.15, 0.2) is 6.29 Å². The predicted octanol–water partition coefficient (Wildman–Crippen LogP) is -2.99. The molecule has 78 valence electrons. The summed E-state index contributed by atoms with van der Waals surface area (Å²) in [5, 5.41) is 39.4. The third-order valence-corrected chi connectivity index (χ3v) is 2.23. The van der Waals surface area contributed by atoms with Gasteiger partial charge >= 0.3 is 0 Å². The Morgan fingerprint density at radius 1 is 1.23 bits per heavy atom. The van der Waals surface area contributed by atoms with Gasteiger partial charge in [0.2, 0.25) is 0 Å². The monoisotopic (exact) mass is 193 g/mol. The van der Waals surface area contributed by atoms with E-state index >= 15 is 0 Å². The lowest BCUT2D eigenvalue weighted by Gasteiger charge is -2.39. The van der Waals surface area contributed by atoms with Crippen LogP contribution in [0.15, 0.2) is 0 Å². The van der Waals surface area contributed by atoms with Crippen LogP contribution in [0.2, 0.25) is 0 Å². The molecule has 0 aliphatic carbocycles. The van der Waals surface area contributed by atoms with E-state index in [2.05, 4.69) is 5.32 Å². The number of nitrogens with one attached hydrogen (secondary N) is 1. The van der Waals surface area contributed by atoms with Crippen LogP contribution in [0.25, 0.3) is 0 Å². The summed E-state index contributed by atoms with van der Waals surface area (Å²) in [7, 11) is 1.53. The Morgan fingerprint density at radius 2 is 1.85 bits per heavy atom. The number of hydrogen-bond acceptors (Lipinski definition) is 6. The van der Waals surface area contributed by atoms with E-state index in [-0.39, 0.29) is 0 Å². The summed E-state index contributed by atoms with van der Waals surface area (Å²) in [5.41, 5.74) is 0. The molecule has 0 saturated carbocycles. The van der Waals surface area contributed by atoms with Crippen LogP contribution in [-0.2, 0) is 4.74 Å². The van der Waals surface area contributed by atoms with Crippen molar-refractivity contribution in [1.82, 2.24) is 5.32 Å². The number of hydrogen-bond donors (Lipinski definition) is 5. The highest BCUT2D eigenvalue weighted by Crippen LogP contribution is 2.18. The second kappa shape index (κ2) is 4.32. The average molecular weight is 193 g/mol. The van der Waals surface area contributed by atoms with Crippen molar-refractivity contribution < 1.29 is 25.2 Å². The predicted molar refractivity (Wildman–Crippen MR) is 42.8 cm³/mol. The molecule has 0 amide bonds. The fourth-order valence-electron chi connectivity index (χ4n) is 1.41. The summed E-state index contributed by atoms with van der Waals surface area (Å²) in [6.07, 6.45) is -4.49. The molecular formula is C7H15NO5. The molecule has 0 radical (unpaired) electrons. The minimum Gasteiger partial charge on any atom is -0.394 e. The first kappa shape index (κ1) is 10.8. The smallest absolute Gasteiger partial charge is 0.173 e. The molecule has 1 rings (SSSR count). The van der Waals surface area contributed by atoms with Crippen LogP contribution >= 0.6 is 0 Å². The van der Waals surface area contributed by atoms with E-state index in [0.717, 1.165) is 0 Å². The van der Waals surface area contributed by atoms with Gasteiger partial charge in [0.05, 0.1) is 12.6 Å². The van der Waals surface area contributed by atoms with E-state index in [1.165, 1.54) is 7.05 Å². The molecule has 1 saturated heterocycles. The molecule has 3 unspecified atom stereocenters. The van der Waals surface area contributed by atoms with E-state index < -0.39 is 37.3 Å². The quantitative estimate of drug-likeness (QED) is 0.320. The molecule has 0 spiro atoms. The fourth-order valence-corrected chi connectivity index (χ4v) is 1.41. The molecule has 0 aromatic carbocycles. The molecule has 6 heteroatoms. The van der Waals surface area contributed by atoms with Crippen LogP contribution in [-0.4, -0.2) is 64.7 Å². The highest BCUT2D eigenvalue weighted by molar-refractivity contribution is 4.91. The van der Waals surface area contributed by atoms with E-state index in [0.29, 0.717) is 0 Å². The van der Waals surface area contributed by atoms with E-state index in [9.17, 15) is 15.3 Å². The van der Waals surface area contributed by atoms with Crippen molar-refractivity contribution in [2.75, 3.05) is 13.7 Å². The first-order valence-electron chi connectivity index (χ1n) is 4.09. The highest BCUT2D eigenvalue weighted by atomic mass is 16.6. The van der Waals surface area contributed by atoms with Gasteiger partial charge < -0.3 is 30.5 Å². The van der Waals surface area contributed by atoms with Crippen LogP contribution in [0, 0.1) is 0 Å². The zero-order valence-electron chi connectivity index (χ0n) is 7.29. The molecule has 0 bridgehead atoms. The van der Waals surface area contributed by atoms with Gasteiger partial charge in [0.25, 0.3) is 0 Å². The summed E-state index contributed by atoms with van der Waals surface area (Å²) in [6.45, 7) is -0.439. The molecule has 1 fully saturated rings. The van der Waals surface area contributed by atoms with Crippen LogP contribution in [0.3, 0.4) is 0 Å². The lowest BCUT2D eigenvalue weighted by Crippen LogP contribution is -2.62. The van der Waals surface area contributed by atoms with Gasteiger partial charge in [0.1, 0.15) is 18.3 Å². The molecule has 0 aromatic rings. The average Bonchev–Trinajstić information content (AvgIpc) is 2.12. The minimum atomic E-state index is -1.22. The van der Waals surface area contributed by atoms with Crippen LogP contribution in [0.1, 0.15) is 0 Å². The second-order valence-electron chi connectivity index (χ2n) is 3.04. The summed E-state index contributed by atoms with van der Waals surface area (Å²) in [5.74, 6) is 0. The molecule has 1 aliphatic rings. The van der Waals surface area contributed by atoms with Gasteiger partial charge in [-0.15, -0.1) is 0 Å². The van der Waals surface area contributed by atoms with Crippen molar-refractivity contribution in [1.29, 1.82) is 0 Å². The zero-order valence-corrected chi connectivity index (χ0v) is 7.29. The molecule has 13 heavy (non-hydrogen) atoms. The lowest BCUT2D eigenvalue weighted by molar-refractivity contribution is -0.253. The maximum Gasteiger partial charge on any atom is 0.173 e. The first-order valence-corrected chi connectivity index (χ1v) is 4.09. The number of rotatable bonds is 2. The van der Waals surface area contributed by atoms with Crippen molar-refractivity contribution in [2.45, 2.75) is 30.6 Å². The highest BCUT2D eigenvalue weighted by Gasteiger charge is 2.42. The van der Waals surface area contributed by atoms with E-state index in [1.807, 2.05) is 0 Å². The Balaban J connectivity index is 2.66. The van der Waals surface area contributed by atoms with Gasteiger partial charge in [-0.1, -0.05) is 0 Å². The second-order valence-corrected chi connectivity index (χ2v) is 3.04. The number of likely N-dealkylation sites (N-methyl/N-ethyl adjacent to an activating group) is 1. The van der Waals surface area contributed by atoms with Gasteiger partial charge in [-0.2, -0.15) is 0 Å². The third-order valence-electron chi connectivity index (χ3n) is 2.23. The molecule has 5 atom stereocenters. The zero-order chi connectivity index (χ0) is 10.0. The van der Waals surface area contributed by atoms with Crippen molar-refractivity contribution in [3.8, 4) is 0 Å². The topological polar surface area (TPSA) is 102 Å². The third kappa shape index (κ3) is 1.98. The summed E-state index contributed by atoms with van der Waals surface area (Å²) >= 11 is 0. The largest absolute Gasteiger partial charge is 0.394 e. The number of ether oxygens (including phenoxy) is 1. The van der Waals surface area contributed by atoms with E-state index in [1.54, 1.807) is 0 Å². The van der Waals surface area contributed by atoms with Crippen LogP contribution in [0.4, 0.5) is 0 Å². The number of aliphatic hydroxyl groups excluding tert-OH is 4. The Kier molecular flexibility index (Phi) is 3.60. The van der Waals surface area contributed by atoms with Gasteiger partial charge in [-0.3, -0.25) is 0 Å². The molecule has 0 aromatic heterocycles. The minimum absolute atomic E-state index is 0.439. The van der Waals surface area contributed by atoms with Gasteiger partial charge in [-0.25, -0.2) is 0 Å². The summed E-state index contributed by atoms with van der Waals surface area (Å²) in [6, 6.07) is -0.738. The molecule has 1 heterocycles. The lowest BCUT2D eigenvalue weighted by atomic mass is 9.97. The Labute approximate surface area is 75.8 Å². The Morgan fingerprint density at radius 3 is 2.31 bits per heavy atom. The molecule has 6 nitrogen and oxygen atoms in total.